The molecule has 0 unspecified atom stereocenters. The second kappa shape index (κ2) is 5.51. The number of nitrogens with two attached hydrogens (primary N) is 2. The van der Waals surface area contributed by atoms with Crippen LogP contribution < -0.4 is 11.5 Å². The fourth-order valence-corrected chi connectivity index (χ4v) is 1.69. The van der Waals surface area contributed by atoms with E-state index in [4.69, 9.17) is 16.9 Å². The molecule has 0 radical (unpaired) electrons. The van der Waals surface area contributed by atoms with Gasteiger partial charge in [-0.2, -0.15) is 0 Å². The third-order valence-corrected chi connectivity index (χ3v) is 2.34. The van der Waals surface area contributed by atoms with E-state index in [-0.39, 0.29) is 5.84 Å². The van der Waals surface area contributed by atoms with Crippen LogP contribution in [0.2, 0.25) is 0 Å². The molecule has 3 nitrogen and oxygen atoms in total. The minimum absolute atomic E-state index is 0.265. The lowest BCUT2D eigenvalue weighted by atomic mass is 10.0. The molecule has 0 saturated heterocycles. The summed E-state index contributed by atoms with van der Waals surface area (Å²) in [6.07, 6.45) is 2.57. The molecule has 5 N–H and O–H groups in total. The summed E-state index contributed by atoms with van der Waals surface area (Å²) in [7, 11) is 0. The van der Waals surface area contributed by atoms with Gasteiger partial charge in [-0.05, 0) is 30.9 Å². The fourth-order valence-electron chi connectivity index (χ4n) is 1.69. The van der Waals surface area contributed by atoms with Gasteiger partial charge in [0.25, 0.3) is 0 Å². The van der Waals surface area contributed by atoms with E-state index in [0.717, 1.165) is 12.8 Å². The Balaban J connectivity index is 2.60. The molecule has 0 amide bonds. The zero-order valence-electron chi connectivity index (χ0n) is 9.22. The van der Waals surface area contributed by atoms with Crippen molar-refractivity contribution in [2.75, 3.05) is 0 Å². The third kappa shape index (κ3) is 4.13. The van der Waals surface area contributed by atoms with Gasteiger partial charge in [0.2, 0.25) is 0 Å². The second-order valence-electron chi connectivity index (χ2n) is 3.91. The van der Waals surface area contributed by atoms with Gasteiger partial charge in [0, 0.05) is 13.0 Å². The number of aryl methyl sites for hydroxylation is 2. The summed E-state index contributed by atoms with van der Waals surface area (Å²) in [4.78, 5) is 0. The molecule has 0 saturated carbocycles. The Labute approximate surface area is 91.0 Å². The van der Waals surface area contributed by atoms with Crippen molar-refractivity contribution in [2.24, 2.45) is 11.5 Å². The lowest BCUT2D eigenvalue weighted by molar-refractivity contribution is 0.853. The van der Waals surface area contributed by atoms with Crippen molar-refractivity contribution < 1.29 is 0 Å². The van der Waals surface area contributed by atoms with Crippen LogP contribution in [0.15, 0.2) is 18.2 Å². The molecule has 0 heterocycles. The molecule has 0 spiro atoms. The standard InChI is InChI=1S/C12H19N3/c1-9-5-10(3-2-4-12(14)15)7-11(6-9)8-13/h5-7H,2-4,8,13H2,1H3,(H3,14,15). The average Bonchev–Trinajstić information content (AvgIpc) is 2.16. The van der Waals surface area contributed by atoms with Gasteiger partial charge < -0.3 is 11.5 Å². The van der Waals surface area contributed by atoms with Crippen LogP contribution in [0.25, 0.3) is 0 Å². The maximum atomic E-state index is 7.14. The summed E-state index contributed by atoms with van der Waals surface area (Å²) < 4.78 is 0. The summed E-state index contributed by atoms with van der Waals surface area (Å²) in [5.74, 6) is 0.265. The molecule has 3 heteroatoms. The molecular formula is C12H19N3. The molecule has 15 heavy (non-hydrogen) atoms. The van der Waals surface area contributed by atoms with Crippen LogP contribution in [0.1, 0.15) is 29.5 Å². The van der Waals surface area contributed by atoms with E-state index in [1.54, 1.807) is 0 Å². The molecule has 0 fully saturated rings. The maximum absolute atomic E-state index is 7.14. The number of hydrogen-bond donors (Lipinski definition) is 3. The number of benzene rings is 1. The minimum atomic E-state index is 0.265. The largest absolute Gasteiger partial charge is 0.388 e. The first-order valence-electron chi connectivity index (χ1n) is 5.24. The number of nitrogens with one attached hydrogen (secondary N) is 1. The van der Waals surface area contributed by atoms with Gasteiger partial charge >= 0.3 is 0 Å². The second-order valence-corrected chi connectivity index (χ2v) is 3.91. The predicted molar refractivity (Wildman–Crippen MR) is 63.9 cm³/mol. The highest BCUT2D eigenvalue weighted by atomic mass is 14.7. The SMILES string of the molecule is Cc1cc(CN)cc(CCCC(=N)N)c1. The van der Waals surface area contributed by atoms with Crippen LogP contribution in [0, 0.1) is 12.3 Å². The number of hydrogen-bond acceptors (Lipinski definition) is 2. The van der Waals surface area contributed by atoms with Gasteiger partial charge in [0.05, 0.1) is 5.84 Å². The minimum Gasteiger partial charge on any atom is -0.388 e. The van der Waals surface area contributed by atoms with Crippen molar-refractivity contribution >= 4 is 5.84 Å². The molecule has 1 aromatic rings. The van der Waals surface area contributed by atoms with Gasteiger partial charge in [-0.15, -0.1) is 0 Å². The van der Waals surface area contributed by atoms with Crippen LogP contribution in [0.5, 0.6) is 0 Å². The van der Waals surface area contributed by atoms with Crippen LogP contribution >= 0.6 is 0 Å². The average molecular weight is 205 g/mol. The normalized spacial score (nSPS) is 10.3. The molecule has 0 bridgehead atoms. The predicted octanol–water partition coefficient (Wildman–Crippen LogP) is 1.71. The van der Waals surface area contributed by atoms with E-state index in [9.17, 15) is 0 Å². The highest BCUT2D eigenvalue weighted by Crippen LogP contribution is 2.11. The summed E-state index contributed by atoms with van der Waals surface area (Å²) in [5.41, 5.74) is 14.6. The first-order valence-corrected chi connectivity index (χ1v) is 5.24. The van der Waals surface area contributed by atoms with Crippen LogP contribution in [-0.4, -0.2) is 5.84 Å². The van der Waals surface area contributed by atoms with Gasteiger partial charge in [0.15, 0.2) is 0 Å². The van der Waals surface area contributed by atoms with E-state index < -0.39 is 0 Å². The zero-order valence-corrected chi connectivity index (χ0v) is 9.22. The Hall–Kier alpha value is -1.35. The summed E-state index contributed by atoms with van der Waals surface area (Å²) in [6.45, 7) is 2.66. The summed E-state index contributed by atoms with van der Waals surface area (Å²) >= 11 is 0. The van der Waals surface area contributed by atoms with Crippen molar-refractivity contribution in [3.63, 3.8) is 0 Å². The smallest absolute Gasteiger partial charge is 0.0905 e. The van der Waals surface area contributed by atoms with Crippen molar-refractivity contribution in [1.29, 1.82) is 5.41 Å². The van der Waals surface area contributed by atoms with E-state index >= 15 is 0 Å². The quantitative estimate of drug-likeness (QED) is 0.505. The lowest BCUT2D eigenvalue weighted by Gasteiger charge is -2.06. The van der Waals surface area contributed by atoms with Crippen molar-refractivity contribution in [3.05, 3.63) is 34.9 Å². The van der Waals surface area contributed by atoms with Crippen LogP contribution in [-0.2, 0) is 13.0 Å². The zero-order chi connectivity index (χ0) is 11.3. The van der Waals surface area contributed by atoms with Crippen LogP contribution in [0.4, 0.5) is 0 Å². The highest BCUT2D eigenvalue weighted by molar-refractivity contribution is 5.76. The summed E-state index contributed by atoms with van der Waals surface area (Å²) in [5, 5.41) is 7.14. The third-order valence-electron chi connectivity index (χ3n) is 2.34. The van der Waals surface area contributed by atoms with Crippen molar-refractivity contribution in [1.82, 2.24) is 0 Å². The van der Waals surface area contributed by atoms with Crippen molar-refractivity contribution in [3.8, 4) is 0 Å². The molecule has 0 aliphatic heterocycles. The van der Waals surface area contributed by atoms with Gasteiger partial charge in [-0.25, -0.2) is 0 Å². The molecule has 82 valence electrons. The van der Waals surface area contributed by atoms with Crippen LogP contribution in [0.3, 0.4) is 0 Å². The Bertz CT molecular complexity index is 345. The monoisotopic (exact) mass is 205 g/mol. The molecule has 1 rings (SSSR count). The molecular weight excluding hydrogens is 186 g/mol. The van der Waals surface area contributed by atoms with E-state index in [2.05, 4.69) is 25.1 Å². The molecule has 0 aliphatic carbocycles. The topological polar surface area (TPSA) is 75.9 Å². The van der Waals surface area contributed by atoms with E-state index in [0.29, 0.717) is 13.0 Å². The Morgan fingerprint density at radius 2 is 1.93 bits per heavy atom. The molecule has 0 aromatic heterocycles. The lowest BCUT2D eigenvalue weighted by Crippen LogP contribution is -2.09. The molecule has 0 aliphatic rings. The van der Waals surface area contributed by atoms with Crippen molar-refractivity contribution in [2.45, 2.75) is 32.7 Å². The summed E-state index contributed by atoms with van der Waals surface area (Å²) in [6, 6.07) is 6.40. The Morgan fingerprint density at radius 3 is 2.53 bits per heavy atom. The Kier molecular flexibility index (Phi) is 4.31. The highest BCUT2D eigenvalue weighted by Gasteiger charge is 1.98. The molecule has 0 atom stereocenters. The van der Waals surface area contributed by atoms with E-state index in [1.807, 2.05) is 0 Å². The Morgan fingerprint density at radius 1 is 1.27 bits per heavy atom. The molecule has 1 aromatic carbocycles. The fraction of sp³-hybridized carbons (Fsp3) is 0.417. The van der Waals surface area contributed by atoms with Gasteiger partial charge in [0.1, 0.15) is 0 Å². The maximum Gasteiger partial charge on any atom is 0.0905 e. The van der Waals surface area contributed by atoms with E-state index in [1.165, 1.54) is 16.7 Å². The number of amidine groups is 1. The number of rotatable bonds is 5. The van der Waals surface area contributed by atoms with Gasteiger partial charge in [-0.1, -0.05) is 23.8 Å². The first-order chi connectivity index (χ1) is 7.11. The first kappa shape index (κ1) is 11.7. The van der Waals surface area contributed by atoms with Gasteiger partial charge in [-0.3, -0.25) is 5.41 Å².